The highest BCUT2D eigenvalue weighted by Gasteiger charge is 2.39. The molecule has 0 radical (unpaired) electrons. The standard InChI is InChI=1S/C25H20Cl2N2O3/c1-15-3-7-17(8-4-15)22-23(28-20-13-19(27)11-12-21(20)32-2)25(31)29(24(22)30)14-16-5-9-18(26)10-6-16/h3-13,28H,14H2,1-2H3. The van der Waals surface area contributed by atoms with Gasteiger partial charge in [-0.25, -0.2) is 0 Å². The summed E-state index contributed by atoms with van der Waals surface area (Å²) in [5, 5.41) is 4.16. The third-order valence-corrected chi connectivity index (χ3v) is 5.67. The number of aryl methyl sites for hydroxylation is 1. The summed E-state index contributed by atoms with van der Waals surface area (Å²) in [5.41, 5.74) is 3.46. The number of nitrogens with zero attached hydrogens (tertiary/aromatic N) is 1. The molecular formula is C25H20Cl2N2O3. The molecule has 1 aliphatic rings. The van der Waals surface area contributed by atoms with E-state index in [-0.39, 0.29) is 18.1 Å². The molecule has 1 heterocycles. The quantitative estimate of drug-likeness (QED) is 0.473. The van der Waals surface area contributed by atoms with Gasteiger partial charge in [0.2, 0.25) is 0 Å². The minimum absolute atomic E-state index is 0.127. The molecule has 0 saturated carbocycles. The fourth-order valence-corrected chi connectivity index (χ4v) is 3.81. The van der Waals surface area contributed by atoms with Crippen molar-refractivity contribution >= 4 is 46.3 Å². The zero-order valence-electron chi connectivity index (χ0n) is 17.5. The Balaban J connectivity index is 1.77. The van der Waals surface area contributed by atoms with Crippen LogP contribution in [0.2, 0.25) is 10.0 Å². The van der Waals surface area contributed by atoms with Crippen LogP contribution in [-0.2, 0) is 16.1 Å². The molecule has 32 heavy (non-hydrogen) atoms. The topological polar surface area (TPSA) is 58.6 Å². The van der Waals surface area contributed by atoms with E-state index in [1.165, 1.54) is 12.0 Å². The van der Waals surface area contributed by atoms with Gasteiger partial charge in [-0.3, -0.25) is 14.5 Å². The molecule has 2 amide bonds. The molecule has 1 N–H and O–H groups in total. The number of imide groups is 1. The van der Waals surface area contributed by atoms with Gasteiger partial charge in [-0.05, 0) is 48.4 Å². The van der Waals surface area contributed by atoms with Gasteiger partial charge < -0.3 is 10.1 Å². The van der Waals surface area contributed by atoms with Gasteiger partial charge in [-0.15, -0.1) is 0 Å². The van der Waals surface area contributed by atoms with E-state index in [0.717, 1.165) is 11.1 Å². The summed E-state index contributed by atoms with van der Waals surface area (Å²) in [4.78, 5) is 28.1. The number of hydrogen-bond acceptors (Lipinski definition) is 4. The predicted octanol–water partition coefficient (Wildman–Crippen LogP) is 5.70. The second kappa shape index (κ2) is 9.07. The summed E-state index contributed by atoms with van der Waals surface area (Å²) in [6.07, 6.45) is 0. The van der Waals surface area contributed by atoms with E-state index < -0.39 is 5.91 Å². The number of nitrogens with one attached hydrogen (secondary N) is 1. The van der Waals surface area contributed by atoms with Crippen molar-refractivity contribution in [1.29, 1.82) is 0 Å². The van der Waals surface area contributed by atoms with Crippen LogP contribution < -0.4 is 10.1 Å². The Bertz CT molecular complexity index is 1220. The summed E-state index contributed by atoms with van der Waals surface area (Å²) in [6.45, 7) is 2.09. The number of carbonyl (C=O) groups is 2. The molecule has 0 saturated heterocycles. The Kier molecular flexibility index (Phi) is 6.21. The van der Waals surface area contributed by atoms with Crippen molar-refractivity contribution in [2.24, 2.45) is 0 Å². The second-order valence-electron chi connectivity index (χ2n) is 7.41. The molecule has 3 aromatic carbocycles. The van der Waals surface area contributed by atoms with Gasteiger partial charge in [-0.1, -0.05) is 65.2 Å². The lowest BCUT2D eigenvalue weighted by Gasteiger charge is -2.16. The van der Waals surface area contributed by atoms with Crippen LogP contribution in [0.5, 0.6) is 5.75 Å². The van der Waals surface area contributed by atoms with E-state index in [2.05, 4.69) is 5.32 Å². The molecule has 0 spiro atoms. The molecule has 0 bridgehead atoms. The fraction of sp³-hybridized carbons (Fsp3) is 0.120. The van der Waals surface area contributed by atoms with E-state index in [1.54, 1.807) is 42.5 Å². The van der Waals surface area contributed by atoms with Gasteiger partial charge in [0.05, 0.1) is 24.9 Å². The maximum Gasteiger partial charge on any atom is 0.278 e. The smallest absolute Gasteiger partial charge is 0.278 e. The van der Waals surface area contributed by atoms with E-state index in [1.807, 2.05) is 31.2 Å². The Labute approximate surface area is 196 Å². The number of amides is 2. The number of hydrogen-bond donors (Lipinski definition) is 1. The highest BCUT2D eigenvalue weighted by molar-refractivity contribution is 6.36. The van der Waals surface area contributed by atoms with Crippen molar-refractivity contribution in [3.8, 4) is 5.75 Å². The first-order valence-electron chi connectivity index (χ1n) is 9.90. The van der Waals surface area contributed by atoms with Crippen molar-refractivity contribution in [3.63, 3.8) is 0 Å². The van der Waals surface area contributed by atoms with Gasteiger partial charge in [-0.2, -0.15) is 0 Å². The normalized spacial score (nSPS) is 13.7. The number of carbonyl (C=O) groups excluding carboxylic acids is 2. The third kappa shape index (κ3) is 4.35. The average molecular weight is 467 g/mol. The van der Waals surface area contributed by atoms with Crippen LogP contribution in [0.15, 0.2) is 72.4 Å². The summed E-state index contributed by atoms with van der Waals surface area (Å²) in [5.74, 6) is -0.304. The monoisotopic (exact) mass is 466 g/mol. The maximum absolute atomic E-state index is 13.4. The summed E-state index contributed by atoms with van der Waals surface area (Å²) in [7, 11) is 1.53. The highest BCUT2D eigenvalue weighted by Crippen LogP contribution is 2.35. The van der Waals surface area contributed by atoms with Crippen LogP contribution in [0.3, 0.4) is 0 Å². The van der Waals surface area contributed by atoms with Gasteiger partial charge in [0.1, 0.15) is 11.4 Å². The first-order valence-corrected chi connectivity index (χ1v) is 10.7. The van der Waals surface area contributed by atoms with Crippen LogP contribution >= 0.6 is 23.2 Å². The van der Waals surface area contributed by atoms with Crippen molar-refractivity contribution in [1.82, 2.24) is 4.90 Å². The summed E-state index contributed by atoms with van der Waals surface area (Å²) >= 11 is 12.1. The minimum atomic E-state index is -0.428. The summed E-state index contributed by atoms with van der Waals surface area (Å²) < 4.78 is 5.40. The van der Waals surface area contributed by atoms with E-state index in [9.17, 15) is 9.59 Å². The second-order valence-corrected chi connectivity index (χ2v) is 8.28. The largest absolute Gasteiger partial charge is 0.495 e. The average Bonchev–Trinajstić information content (AvgIpc) is 3.00. The Morgan fingerprint density at radius 1 is 0.875 bits per heavy atom. The molecule has 0 atom stereocenters. The molecule has 4 rings (SSSR count). The van der Waals surface area contributed by atoms with E-state index in [0.29, 0.717) is 32.6 Å². The highest BCUT2D eigenvalue weighted by atomic mass is 35.5. The molecule has 7 heteroatoms. The van der Waals surface area contributed by atoms with E-state index in [4.69, 9.17) is 27.9 Å². The van der Waals surface area contributed by atoms with Gasteiger partial charge in [0.25, 0.3) is 11.8 Å². The summed E-state index contributed by atoms with van der Waals surface area (Å²) in [6, 6.07) is 19.5. The van der Waals surface area contributed by atoms with Crippen LogP contribution in [0, 0.1) is 6.92 Å². The van der Waals surface area contributed by atoms with Crippen molar-refractivity contribution < 1.29 is 14.3 Å². The lowest BCUT2D eigenvalue weighted by atomic mass is 10.0. The zero-order chi connectivity index (χ0) is 22.8. The molecule has 0 aromatic heterocycles. The number of benzene rings is 3. The number of rotatable bonds is 6. The molecule has 3 aromatic rings. The Morgan fingerprint density at radius 2 is 1.53 bits per heavy atom. The van der Waals surface area contributed by atoms with Crippen LogP contribution in [0.1, 0.15) is 16.7 Å². The van der Waals surface area contributed by atoms with Crippen molar-refractivity contribution in [2.45, 2.75) is 13.5 Å². The molecular weight excluding hydrogens is 447 g/mol. The van der Waals surface area contributed by atoms with Crippen LogP contribution in [-0.4, -0.2) is 23.8 Å². The van der Waals surface area contributed by atoms with Crippen molar-refractivity contribution in [2.75, 3.05) is 12.4 Å². The van der Waals surface area contributed by atoms with Crippen LogP contribution in [0.25, 0.3) is 5.57 Å². The van der Waals surface area contributed by atoms with E-state index >= 15 is 0 Å². The van der Waals surface area contributed by atoms with Gasteiger partial charge in [0, 0.05) is 10.0 Å². The lowest BCUT2D eigenvalue weighted by Crippen LogP contribution is -2.32. The number of halogens is 2. The van der Waals surface area contributed by atoms with Gasteiger partial charge >= 0.3 is 0 Å². The first kappa shape index (κ1) is 21.9. The maximum atomic E-state index is 13.4. The predicted molar refractivity (Wildman–Crippen MR) is 127 cm³/mol. The minimum Gasteiger partial charge on any atom is -0.495 e. The molecule has 0 unspecified atom stereocenters. The number of anilines is 1. The molecule has 0 aliphatic carbocycles. The molecule has 1 aliphatic heterocycles. The Hall–Kier alpha value is -3.28. The van der Waals surface area contributed by atoms with Crippen LogP contribution in [0.4, 0.5) is 5.69 Å². The Morgan fingerprint density at radius 3 is 2.19 bits per heavy atom. The lowest BCUT2D eigenvalue weighted by molar-refractivity contribution is -0.137. The third-order valence-electron chi connectivity index (χ3n) is 5.18. The number of methoxy groups -OCH3 is 1. The fourth-order valence-electron chi connectivity index (χ4n) is 3.51. The SMILES string of the molecule is COc1ccc(Cl)cc1NC1=C(c2ccc(C)cc2)C(=O)N(Cc2ccc(Cl)cc2)C1=O. The van der Waals surface area contributed by atoms with Crippen molar-refractivity contribution in [3.05, 3.63) is 99.2 Å². The zero-order valence-corrected chi connectivity index (χ0v) is 19.0. The molecule has 0 fully saturated rings. The van der Waals surface area contributed by atoms with Gasteiger partial charge in [0.15, 0.2) is 0 Å². The number of ether oxygens (including phenoxy) is 1. The molecule has 162 valence electrons. The molecule has 5 nitrogen and oxygen atoms in total. The first-order chi connectivity index (χ1) is 15.4.